The third kappa shape index (κ3) is 4.71. The summed E-state index contributed by atoms with van der Waals surface area (Å²) in [5.41, 5.74) is 4.86. The van der Waals surface area contributed by atoms with E-state index in [0.717, 1.165) is 5.75 Å². The predicted octanol–water partition coefficient (Wildman–Crippen LogP) is 5.26. The highest BCUT2D eigenvalue weighted by atomic mass is 16.5. The Morgan fingerprint density at radius 3 is 2.21 bits per heavy atom. The molecule has 0 aromatic heterocycles. The summed E-state index contributed by atoms with van der Waals surface area (Å²) in [7, 11) is 0. The molecule has 24 heavy (non-hydrogen) atoms. The lowest BCUT2D eigenvalue weighted by atomic mass is 10.1. The SMILES string of the molecule is Cc1cccc(COCCOc2ccc(-c3ccccc3)cc2)c1. The number of hydrogen-bond donors (Lipinski definition) is 0. The minimum absolute atomic E-state index is 0.552. The standard InChI is InChI=1S/C22H22O2/c1-18-6-5-7-19(16-18)17-23-14-15-24-22-12-10-21(11-13-22)20-8-3-2-4-9-20/h2-13,16H,14-15,17H2,1H3. The van der Waals surface area contributed by atoms with Crippen LogP contribution in [0.3, 0.4) is 0 Å². The second kappa shape index (κ2) is 8.32. The maximum atomic E-state index is 5.73. The van der Waals surface area contributed by atoms with E-state index in [1.165, 1.54) is 22.3 Å². The first-order valence-corrected chi connectivity index (χ1v) is 8.23. The molecule has 0 aliphatic heterocycles. The molecular formula is C22H22O2. The van der Waals surface area contributed by atoms with Crippen molar-refractivity contribution in [3.8, 4) is 16.9 Å². The van der Waals surface area contributed by atoms with Gasteiger partial charge in [0.15, 0.2) is 0 Å². The molecule has 0 saturated carbocycles. The molecule has 3 rings (SSSR count). The summed E-state index contributed by atoms with van der Waals surface area (Å²) in [5, 5.41) is 0. The third-order valence-electron chi connectivity index (χ3n) is 3.81. The smallest absolute Gasteiger partial charge is 0.119 e. The highest BCUT2D eigenvalue weighted by Crippen LogP contribution is 2.21. The van der Waals surface area contributed by atoms with Crippen molar-refractivity contribution >= 4 is 0 Å². The first-order valence-electron chi connectivity index (χ1n) is 8.23. The Balaban J connectivity index is 1.42. The van der Waals surface area contributed by atoms with Gasteiger partial charge >= 0.3 is 0 Å². The molecule has 0 aliphatic carbocycles. The minimum Gasteiger partial charge on any atom is -0.491 e. The van der Waals surface area contributed by atoms with Crippen molar-refractivity contribution in [1.29, 1.82) is 0 Å². The van der Waals surface area contributed by atoms with Gasteiger partial charge in [-0.15, -0.1) is 0 Å². The van der Waals surface area contributed by atoms with Gasteiger partial charge in [0, 0.05) is 0 Å². The fourth-order valence-corrected chi connectivity index (χ4v) is 2.58. The molecule has 0 fully saturated rings. The van der Waals surface area contributed by atoms with Gasteiger partial charge in [0.2, 0.25) is 0 Å². The van der Waals surface area contributed by atoms with E-state index in [0.29, 0.717) is 19.8 Å². The topological polar surface area (TPSA) is 18.5 Å². The summed E-state index contributed by atoms with van der Waals surface area (Å²) in [6.07, 6.45) is 0. The number of benzene rings is 3. The van der Waals surface area contributed by atoms with Crippen LogP contribution in [0.4, 0.5) is 0 Å². The Bertz CT molecular complexity index is 748. The fourth-order valence-electron chi connectivity index (χ4n) is 2.58. The van der Waals surface area contributed by atoms with E-state index in [1.807, 2.05) is 30.3 Å². The summed E-state index contributed by atoms with van der Waals surface area (Å²) in [6, 6.07) is 26.9. The van der Waals surface area contributed by atoms with E-state index in [4.69, 9.17) is 9.47 Å². The molecule has 0 unspecified atom stereocenters. The molecule has 122 valence electrons. The first-order chi connectivity index (χ1) is 11.8. The summed E-state index contributed by atoms with van der Waals surface area (Å²) in [5.74, 6) is 0.869. The van der Waals surface area contributed by atoms with Gasteiger partial charge < -0.3 is 9.47 Å². The normalized spacial score (nSPS) is 10.5. The van der Waals surface area contributed by atoms with Crippen molar-refractivity contribution in [3.63, 3.8) is 0 Å². The molecule has 3 aromatic carbocycles. The molecule has 2 nitrogen and oxygen atoms in total. The van der Waals surface area contributed by atoms with Crippen LogP contribution in [0.1, 0.15) is 11.1 Å². The lowest BCUT2D eigenvalue weighted by Gasteiger charge is -2.08. The molecule has 0 atom stereocenters. The summed E-state index contributed by atoms with van der Waals surface area (Å²) >= 11 is 0. The van der Waals surface area contributed by atoms with E-state index >= 15 is 0 Å². The summed E-state index contributed by atoms with van der Waals surface area (Å²) < 4.78 is 11.4. The van der Waals surface area contributed by atoms with Crippen LogP contribution in [-0.2, 0) is 11.3 Å². The molecule has 0 heterocycles. The van der Waals surface area contributed by atoms with Crippen LogP contribution in [0.25, 0.3) is 11.1 Å². The van der Waals surface area contributed by atoms with Crippen LogP contribution >= 0.6 is 0 Å². The molecular weight excluding hydrogens is 296 g/mol. The van der Waals surface area contributed by atoms with Crippen molar-refractivity contribution in [2.75, 3.05) is 13.2 Å². The number of rotatable bonds is 7. The van der Waals surface area contributed by atoms with Crippen LogP contribution in [0.5, 0.6) is 5.75 Å². The largest absolute Gasteiger partial charge is 0.491 e. The summed E-state index contributed by atoms with van der Waals surface area (Å²) in [6.45, 7) is 3.84. The number of ether oxygens (including phenoxy) is 2. The Labute approximate surface area is 143 Å². The van der Waals surface area contributed by atoms with E-state index in [2.05, 4.69) is 55.5 Å². The second-order valence-electron chi connectivity index (χ2n) is 5.78. The zero-order valence-corrected chi connectivity index (χ0v) is 13.9. The van der Waals surface area contributed by atoms with E-state index < -0.39 is 0 Å². The first kappa shape index (κ1) is 16.3. The lowest BCUT2D eigenvalue weighted by Crippen LogP contribution is -2.06. The van der Waals surface area contributed by atoms with Gasteiger partial charge in [0.25, 0.3) is 0 Å². The van der Waals surface area contributed by atoms with Crippen LogP contribution in [0.15, 0.2) is 78.9 Å². The van der Waals surface area contributed by atoms with Gasteiger partial charge in [-0.1, -0.05) is 72.3 Å². The highest BCUT2D eigenvalue weighted by Gasteiger charge is 1.99. The van der Waals surface area contributed by atoms with Gasteiger partial charge in [-0.25, -0.2) is 0 Å². The van der Waals surface area contributed by atoms with Crippen molar-refractivity contribution in [2.24, 2.45) is 0 Å². The monoisotopic (exact) mass is 318 g/mol. The maximum absolute atomic E-state index is 5.73. The Morgan fingerprint density at radius 1 is 0.708 bits per heavy atom. The third-order valence-corrected chi connectivity index (χ3v) is 3.81. The van der Waals surface area contributed by atoms with E-state index in [-0.39, 0.29) is 0 Å². The van der Waals surface area contributed by atoms with Crippen molar-refractivity contribution in [3.05, 3.63) is 90.0 Å². The zero-order chi connectivity index (χ0) is 16.6. The fraction of sp³-hybridized carbons (Fsp3) is 0.182. The molecule has 0 saturated heterocycles. The average molecular weight is 318 g/mol. The Hall–Kier alpha value is -2.58. The van der Waals surface area contributed by atoms with Gasteiger partial charge in [-0.05, 0) is 35.7 Å². The zero-order valence-electron chi connectivity index (χ0n) is 13.9. The van der Waals surface area contributed by atoms with E-state index in [1.54, 1.807) is 0 Å². The minimum atomic E-state index is 0.552. The molecule has 0 spiro atoms. The van der Waals surface area contributed by atoms with Crippen LogP contribution in [0, 0.1) is 6.92 Å². The van der Waals surface area contributed by atoms with Crippen LogP contribution < -0.4 is 4.74 Å². The molecule has 0 amide bonds. The van der Waals surface area contributed by atoms with Gasteiger partial charge in [0.05, 0.1) is 13.2 Å². The van der Waals surface area contributed by atoms with Crippen molar-refractivity contribution in [1.82, 2.24) is 0 Å². The van der Waals surface area contributed by atoms with Gasteiger partial charge in [-0.3, -0.25) is 0 Å². The quantitative estimate of drug-likeness (QED) is 0.553. The number of aryl methyl sites for hydroxylation is 1. The molecule has 0 bridgehead atoms. The number of hydrogen-bond acceptors (Lipinski definition) is 2. The molecule has 0 aliphatic rings. The Morgan fingerprint density at radius 2 is 1.46 bits per heavy atom. The van der Waals surface area contributed by atoms with E-state index in [9.17, 15) is 0 Å². The molecule has 0 radical (unpaired) electrons. The lowest BCUT2D eigenvalue weighted by molar-refractivity contribution is 0.0889. The predicted molar refractivity (Wildman–Crippen MR) is 98.2 cm³/mol. The molecule has 0 N–H and O–H groups in total. The highest BCUT2D eigenvalue weighted by molar-refractivity contribution is 5.63. The van der Waals surface area contributed by atoms with Crippen LogP contribution in [0.2, 0.25) is 0 Å². The van der Waals surface area contributed by atoms with Crippen LogP contribution in [-0.4, -0.2) is 13.2 Å². The van der Waals surface area contributed by atoms with Crippen molar-refractivity contribution in [2.45, 2.75) is 13.5 Å². The Kier molecular flexibility index (Phi) is 5.65. The second-order valence-corrected chi connectivity index (χ2v) is 5.78. The molecule has 2 heteroatoms. The van der Waals surface area contributed by atoms with Gasteiger partial charge in [0.1, 0.15) is 12.4 Å². The van der Waals surface area contributed by atoms with Crippen molar-refractivity contribution < 1.29 is 9.47 Å². The summed E-state index contributed by atoms with van der Waals surface area (Å²) in [4.78, 5) is 0. The average Bonchev–Trinajstić information content (AvgIpc) is 2.63. The van der Waals surface area contributed by atoms with Gasteiger partial charge in [-0.2, -0.15) is 0 Å². The molecule has 3 aromatic rings. The maximum Gasteiger partial charge on any atom is 0.119 e.